The first-order chi connectivity index (χ1) is 10.6. The number of ether oxygens (including phenoxy) is 1. The van der Waals surface area contributed by atoms with Crippen LogP contribution in [0.15, 0.2) is 30.3 Å². The number of nitrogens with zero attached hydrogens (tertiary/aromatic N) is 2. The monoisotopic (exact) mass is 317 g/mol. The molecular weight excluding hydrogens is 298 g/mol. The first-order valence-corrected chi connectivity index (χ1v) is 7.22. The SMILES string of the molecule is COc1ccc(CNC(=S)NNc2nc(C)cc(C)n2)cc1. The summed E-state index contributed by atoms with van der Waals surface area (Å²) in [4.78, 5) is 8.51. The van der Waals surface area contributed by atoms with E-state index >= 15 is 0 Å². The highest BCUT2D eigenvalue weighted by Crippen LogP contribution is 2.10. The summed E-state index contributed by atoms with van der Waals surface area (Å²) >= 11 is 5.20. The molecule has 1 heterocycles. The van der Waals surface area contributed by atoms with Gasteiger partial charge in [-0.1, -0.05) is 12.1 Å². The lowest BCUT2D eigenvalue weighted by Crippen LogP contribution is -2.38. The third-order valence-corrected chi connectivity index (χ3v) is 3.13. The lowest BCUT2D eigenvalue weighted by Gasteiger charge is -2.12. The number of anilines is 1. The van der Waals surface area contributed by atoms with E-state index in [0.29, 0.717) is 17.6 Å². The van der Waals surface area contributed by atoms with Gasteiger partial charge in [-0.05, 0) is 49.8 Å². The van der Waals surface area contributed by atoms with Crippen molar-refractivity contribution in [3.05, 3.63) is 47.3 Å². The van der Waals surface area contributed by atoms with Gasteiger partial charge in [0.05, 0.1) is 7.11 Å². The maximum atomic E-state index is 5.20. The second-order valence-electron chi connectivity index (χ2n) is 4.76. The number of methoxy groups -OCH3 is 1. The van der Waals surface area contributed by atoms with Gasteiger partial charge in [0.2, 0.25) is 5.95 Å². The second-order valence-corrected chi connectivity index (χ2v) is 5.16. The van der Waals surface area contributed by atoms with Gasteiger partial charge in [-0.2, -0.15) is 0 Å². The number of thiocarbonyl (C=S) groups is 1. The van der Waals surface area contributed by atoms with Crippen LogP contribution in [-0.4, -0.2) is 22.2 Å². The van der Waals surface area contributed by atoms with Crippen LogP contribution in [-0.2, 0) is 6.54 Å². The van der Waals surface area contributed by atoms with Crippen molar-refractivity contribution >= 4 is 23.3 Å². The number of rotatable bonds is 5. The van der Waals surface area contributed by atoms with Gasteiger partial charge in [0.25, 0.3) is 0 Å². The van der Waals surface area contributed by atoms with Gasteiger partial charge in [0.15, 0.2) is 5.11 Å². The molecule has 3 N–H and O–H groups in total. The predicted octanol–water partition coefficient (Wildman–Crippen LogP) is 2.09. The maximum Gasteiger partial charge on any atom is 0.242 e. The molecule has 0 bridgehead atoms. The molecule has 1 aromatic carbocycles. The molecule has 0 fully saturated rings. The van der Waals surface area contributed by atoms with Crippen LogP contribution >= 0.6 is 12.2 Å². The second kappa shape index (κ2) is 7.56. The van der Waals surface area contributed by atoms with Crippen molar-refractivity contribution in [3.63, 3.8) is 0 Å². The van der Waals surface area contributed by atoms with Gasteiger partial charge in [-0.25, -0.2) is 9.97 Å². The largest absolute Gasteiger partial charge is 0.497 e. The van der Waals surface area contributed by atoms with Crippen LogP contribution in [0.3, 0.4) is 0 Å². The topological polar surface area (TPSA) is 71.1 Å². The number of nitrogens with one attached hydrogen (secondary N) is 3. The fraction of sp³-hybridized carbons (Fsp3) is 0.267. The van der Waals surface area contributed by atoms with Crippen LogP contribution in [0.2, 0.25) is 0 Å². The minimum atomic E-state index is 0.471. The summed E-state index contributed by atoms with van der Waals surface area (Å²) in [6, 6.07) is 9.69. The Hall–Kier alpha value is -2.41. The van der Waals surface area contributed by atoms with Gasteiger partial charge < -0.3 is 10.1 Å². The van der Waals surface area contributed by atoms with E-state index in [-0.39, 0.29) is 0 Å². The van der Waals surface area contributed by atoms with Crippen molar-refractivity contribution in [1.82, 2.24) is 20.7 Å². The normalized spacial score (nSPS) is 9.95. The van der Waals surface area contributed by atoms with Crippen LogP contribution in [0.5, 0.6) is 5.75 Å². The molecule has 6 nitrogen and oxygen atoms in total. The maximum absolute atomic E-state index is 5.20. The number of hydrogen-bond acceptors (Lipinski definition) is 5. The summed E-state index contributed by atoms with van der Waals surface area (Å²) in [7, 11) is 1.65. The summed E-state index contributed by atoms with van der Waals surface area (Å²) in [5.41, 5.74) is 8.65. The van der Waals surface area contributed by atoms with E-state index in [1.807, 2.05) is 44.2 Å². The number of benzene rings is 1. The average Bonchev–Trinajstić information content (AvgIpc) is 2.50. The molecule has 0 spiro atoms. The van der Waals surface area contributed by atoms with E-state index < -0.39 is 0 Å². The molecule has 0 radical (unpaired) electrons. The van der Waals surface area contributed by atoms with E-state index in [2.05, 4.69) is 26.1 Å². The van der Waals surface area contributed by atoms with E-state index in [1.165, 1.54) is 0 Å². The molecule has 0 saturated heterocycles. The molecular formula is C15H19N5OS. The smallest absolute Gasteiger partial charge is 0.242 e. The van der Waals surface area contributed by atoms with Crippen molar-refractivity contribution in [3.8, 4) is 5.75 Å². The molecule has 2 rings (SSSR count). The van der Waals surface area contributed by atoms with Crippen molar-refractivity contribution in [2.75, 3.05) is 12.5 Å². The lowest BCUT2D eigenvalue weighted by atomic mass is 10.2. The predicted molar refractivity (Wildman–Crippen MR) is 90.7 cm³/mol. The first kappa shape index (κ1) is 16.0. The minimum Gasteiger partial charge on any atom is -0.497 e. The number of hydrogen-bond donors (Lipinski definition) is 3. The third-order valence-electron chi connectivity index (χ3n) is 2.88. The standard InChI is InChI=1S/C15H19N5OS/c1-10-8-11(2)18-14(17-10)19-20-15(22)16-9-12-4-6-13(21-3)7-5-12/h4-8H,9H2,1-3H3,(H2,16,20,22)(H,17,18,19). The zero-order chi connectivity index (χ0) is 15.9. The van der Waals surface area contributed by atoms with Crippen molar-refractivity contribution in [1.29, 1.82) is 0 Å². The van der Waals surface area contributed by atoms with Crippen LogP contribution in [0, 0.1) is 13.8 Å². The Bertz CT molecular complexity index is 625. The van der Waals surface area contributed by atoms with Crippen LogP contribution in [0.4, 0.5) is 5.95 Å². The van der Waals surface area contributed by atoms with Crippen molar-refractivity contribution < 1.29 is 4.74 Å². The Kier molecular flexibility index (Phi) is 5.48. The molecule has 0 unspecified atom stereocenters. The summed E-state index contributed by atoms with van der Waals surface area (Å²) in [6.45, 7) is 4.45. The van der Waals surface area contributed by atoms with Crippen LogP contribution in [0.25, 0.3) is 0 Å². The zero-order valence-electron chi connectivity index (χ0n) is 12.8. The molecule has 0 aliphatic carbocycles. The van der Waals surface area contributed by atoms with Gasteiger partial charge in [0.1, 0.15) is 5.75 Å². The number of aryl methyl sites for hydroxylation is 2. The van der Waals surface area contributed by atoms with E-state index in [0.717, 1.165) is 22.7 Å². The van der Waals surface area contributed by atoms with Gasteiger partial charge in [-0.15, -0.1) is 0 Å². The molecule has 0 saturated carbocycles. The molecule has 116 valence electrons. The summed E-state index contributed by atoms with van der Waals surface area (Å²) in [5, 5.41) is 3.57. The Balaban J connectivity index is 1.80. The number of aromatic nitrogens is 2. The first-order valence-electron chi connectivity index (χ1n) is 6.82. The van der Waals surface area contributed by atoms with Gasteiger partial charge in [0, 0.05) is 17.9 Å². The molecule has 0 amide bonds. The molecule has 1 aromatic heterocycles. The summed E-state index contributed by atoms with van der Waals surface area (Å²) in [5.74, 6) is 1.32. The van der Waals surface area contributed by atoms with E-state index in [4.69, 9.17) is 17.0 Å². The summed E-state index contributed by atoms with van der Waals surface area (Å²) in [6.07, 6.45) is 0. The Morgan fingerprint density at radius 2 is 1.77 bits per heavy atom. The Morgan fingerprint density at radius 3 is 2.36 bits per heavy atom. The number of hydrazine groups is 1. The average molecular weight is 317 g/mol. The van der Waals surface area contributed by atoms with Crippen LogP contribution in [0.1, 0.15) is 17.0 Å². The van der Waals surface area contributed by atoms with Gasteiger partial charge in [-0.3, -0.25) is 10.9 Å². The fourth-order valence-electron chi connectivity index (χ4n) is 1.86. The minimum absolute atomic E-state index is 0.471. The fourth-order valence-corrected chi connectivity index (χ4v) is 1.99. The van der Waals surface area contributed by atoms with Crippen molar-refractivity contribution in [2.45, 2.75) is 20.4 Å². The molecule has 22 heavy (non-hydrogen) atoms. The van der Waals surface area contributed by atoms with Crippen LogP contribution < -0.4 is 20.9 Å². The Morgan fingerprint density at radius 1 is 1.14 bits per heavy atom. The molecule has 0 atom stereocenters. The van der Waals surface area contributed by atoms with Gasteiger partial charge >= 0.3 is 0 Å². The highest BCUT2D eigenvalue weighted by Gasteiger charge is 2.01. The lowest BCUT2D eigenvalue weighted by molar-refractivity contribution is 0.414. The van der Waals surface area contributed by atoms with Crippen molar-refractivity contribution in [2.24, 2.45) is 0 Å². The highest BCUT2D eigenvalue weighted by atomic mass is 32.1. The molecule has 2 aromatic rings. The third kappa shape index (κ3) is 4.85. The molecule has 0 aliphatic heterocycles. The zero-order valence-corrected chi connectivity index (χ0v) is 13.6. The summed E-state index contributed by atoms with van der Waals surface area (Å²) < 4.78 is 5.12. The molecule has 7 heteroatoms. The quantitative estimate of drug-likeness (QED) is 0.576. The molecule has 0 aliphatic rings. The highest BCUT2D eigenvalue weighted by molar-refractivity contribution is 7.80. The van der Waals surface area contributed by atoms with E-state index in [1.54, 1.807) is 7.11 Å². The van der Waals surface area contributed by atoms with E-state index in [9.17, 15) is 0 Å². The Labute approximate surface area is 135 Å².